The monoisotopic (exact) mass is 292 g/mol. The number of benzene rings is 1. The van der Waals surface area contributed by atoms with Crippen LogP contribution in [0.3, 0.4) is 0 Å². The van der Waals surface area contributed by atoms with Crippen molar-refractivity contribution in [1.29, 1.82) is 0 Å². The van der Waals surface area contributed by atoms with Gasteiger partial charge in [-0.05, 0) is 38.5 Å². The molecule has 1 fully saturated rings. The fourth-order valence-electron chi connectivity index (χ4n) is 2.84. The standard InChI is InChI=1S/C17H28N2O2/c1-4-19(5-2)16-8-6-15(7-9-16)12-18-13-17(20)10-11-21-14(17)3/h6-9,14,18,20H,4-5,10-13H2,1-3H3. The van der Waals surface area contributed by atoms with E-state index in [0.29, 0.717) is 19.6 Å². The third-order valence-electron chi connectivity index (χ3n) is 4.48. The van der Waals surface area contributed by atoms with E-state index in [1.807, 2.05) is 6.92 Å². The molecule has 0 saturated carbocycles. The lowest BCUT2D eigenvalue weighted by Crippen LogP contribution is -2.45. The van der Waals surface area contributed by atoms with Gasteiger partial charge in [0.1, 0.15) is 5.60 Å². The smallest absolute Gasteiger partial charge is 0.105 e. The van der Waals surface area contributed by atoms with Gasteiger partial charge in [-0.15, -0.1) is 0 Å². The summed E-state index contributed by atoms with van der Waals surface area (Å²) in [5.74, 6) is 0. The van der Waals surface area contributed by atoms with Crippen LogP contribution in [-0.4, -0.2) is 43.1 Å². The summed E-state index contributed by atoms with van der Waals surface area (Å²) in [5, 5.41) is 13.8. The maximum absolute atomic E-state index is 10.4. The fourth-order valence-corrected chi connectivity index (χ4v) is 2.84. The Hall–Kier alpha value is -1.10. The lowest BCUT2D eigenvalue weighted by atomic mass is 9.96. The molecule has 2 rings (SSSR count). The van der Waals surface area contributed by atoms with Crippen molar-refractivity contribution in [2.24, 2.45) is 0 Å². The number of rotatable bonds is 7. The largest absolute Gasteiger partial charge is 0.386 e. The fraction of sp³-hybridized carbons (Fsp3) is 0.647. The molecule has 4 heteroatoms. The van der Waals surface area contributed by atoms with E-state index in [2.05, 4.69) is 48.3 Å². The van der Waals surface area contributed by atoms with Gasteiger partial charge in [0, 0.05) is 44.9 Å². The van der Waals surface area contributed by atoms with Crippen LogP contribution < -0.4 is 10.2 Å². The first-order chi connectivity index (χ1) is 10.1. The minimum atomic E-state index is -0.721. The highest BCUT2D eigenvalue weighted by molar-refractivity contribution is 5.47. The first-order valence-corrected chi connectivity index (χ1v) is 7.97. The van der Waals surface area contributed by atoms with Gasteiger partial charge in [-0.25, -0.2) is 0 Å². The number of nitrogens with one attached hydrogen (secondary N) is 1. The topological polar surface area (TPSA) is 44.7 Å². The molecule has 4 nitrogen and oxygen atoms in total. The summed E-state index contributed by atoms with van der Waals surface area (Å²) >= 11 is 0. The molecule has 0 radical (unpaired) electrons. The van der Waals surface area contributed by atoms with Crippen molar-refractivity contribution in [3.05, 3.63) is 29.8 Å². The highest BCUT2D eigenvalue weighted by Crippen LogP contribution is 2.24. The van der Waals surface area contributed by atoms with Crippen molar-refractivity contribution < 1.29 is 9.84 Å². The van der Waals surface area contributed by atoms with Gasteiger partial charge >= 0.3 is 0 Å². The Kier molecular flexibility index (Phi) is 5.62. The van der Waals surface area contributed by atoms with Crippen LogP contribution in [-0.2, 0) is 11.3 Å². The first-order valence-electron chi connectivity index (χ1n) is 7.97. The molecule has 1 saturated heterocycles. The molecule has 1 heterocycles. The molecule has 0 bridgehead atoms. The second kappa shape index (κ2) is 7.25. The molecule has 2 N–H and O–H groups in total. The maximum Gasteiger partial charge on any atom is 0.105 e. The minimum Gasteiger partial charge on any atom is -0.386 e. The zero-order valence-electron chi connectivity index (χ0n) is 13.4. The Bertz CT molecular complexity index is 431. The lowest BCUT2D eigenvalue weighted by Gasteiger charge is -2.26. The van der Waals surface area contributed by atoms with E-state index in [9.17, 15) is 5.11 Å². The second-order valence-electron chi connectivity index (χ2n) is 5.81. The van der Waals surface area contributed by atoms with Crippen molar-refractivity contribution in [2.75, 3.05) is 31.1 Å². The minimum absolute atomic E-state index is 0.0879. The van der Waals surface area contributed by atoms with Gasteiger partial charge in [0.25, 0.3) is 0 Å². The number of nitrogens with zero attached hydrogens (tertiary/aromatic N) is 1. The normalized spacial score (nSPS) is 25.2. The molecule has 1 aromatic carbocycles. The van der Waals surface area contributed by atoms with E-state index < -0.39 is 5.60 Å². The molecule has 1 aliphatic rings. The van der Waals surface area contributed by atoms with Crippen molar-refractivity contribution >= 4 is 5.69 Å². The molecule has 118 valence electrons. The molecule has 1 aromatic rings. The summed E-state index contributed by atoms with van der Waals surface area (Å²) in [6, 6.07) is 8.64. The van der Waals surface area contributed by atoms with E-state index in [4.69, 9.17) is 4.74 Å². The highest BCUT2D eigenvalue weighted by Gasteiger charge is 2.38. The van der Waals surface area contributed by atoms with Crippen LogP contribution >= 0.6 is 0 Å². The molecule has 0 amide bonds. The van der Waals surface area contributed by atoms with Crippen molar-refractivity contribution in [3.63, 3.8) is 0 Å². The number of aliphatic hydroxyl groups is 1. The molecule has 21 heavy (non-hydrogen) atoms. The van der Waals surface area contributed by atoms with Gasteiger partial charge in [-0.3, -0.25) is 0 Å². The zero-order valence-corrected chi connectivity index (χ0v) is 13.4. The van der Waals surface area contributed by atoms with Gasteiger partial charge in [0.2, 0.25) is 0 Å². The molecule has 0 aliphatic carbocycles. The van der Waals surface area contributed by atoms with E-state index in [1.165, 1.54) is 11.3 Å². The van der Waals surface area contributed by atoms with Gasteiger partial charge < -0.3 is 20.1 Å². The predicted molar refractivity (Wildman–Crippen MR) is 86.7 cm³/mol. The van der Waals surface area contributed by atoms with E-state index >= 15 is 0 Å². The Morgan fingerprint density at radius 2 is 1.95 bits per heavy atom. The SMILES string of the molecule is CCN(CC)c1ccc(CNCC2(O)CCOC2C)cc1. The number of ether oxygens (including phenoxy) is 1. The summed E-state index contributed by atoms with van der Waals surface area (Å²) < 4.78 is 5.44. The molecular weight excluding hydrogens is 264 g/mol. The maximum atomic E-state index is 10.4. The van der Waals surface area contributed by atoms with Crippen LogP contribution in [0.25, 0.3) is 0 Å². The van der Waals surface area contributed by atoms with Crippen molar-refractivity contribution in [3.8, 4) is 0 Å². The number of hydrogen-bond acceptors (Lipinski definition) is 4. The Balaban J connectivity index is 1.84. The van der Waals surface area contributed by atoms with E-state index in [-0.39, 0.29) is 6.10 Å². The van der Waals surface area contributed by atoms with Gasteiger partial charge in [0.05, 0.1) is 6.10 Å². The van der Waals surface area contributed by atoms with Crippen LogP contribution in [0, 0.1) is 0 Å². The Morgan fingerprint density at radius 1 is 1.29 bits per heavy atom. The van der Waals surface area contributed by atoms with Gasteiger partial charge in [-0.2, -0.15) is 0 Å². The van der Waals surface area contributed by atoms with Crippen LogP contribution in [0.2, 0.25) is 0 Å². The van der Waals surface area contributed by atoms with Crippen LogP contribution in [0.4, 0.5) is 5.69 Å². The van der Waals surface area contributed by atoms with Crippen LogP contribution in [0.5, 0.6) is 0 Å². The van der Waals surface area contributed by atoms with Crippen molar-refractivity contribution in [2.45, 2.75) is 45.4 Å². The third-order valence-corrected chi connectivity index (χ3v) is 4.48. The zero-order chi connectivity index (χ0) is 15.3. The summed E-state index contributed by atoms with van der Waals surface area (Å²) in [5.41, 5.74) is 1.78. The van der Waals surface area contributed by atoms with E-state index in [1.54, 1.807) is 0 Å². The Morgan fingerprint density at radius 3 is 2.48 bits per heavy atom. The predicted octanol–water partition coefficient (Wildman–Crippen LogP) is 2.16. The van der Waals surface area contributed by atoms with Crippen LogP contribution in [0.15, 0.2) is 24.3 Å². The van der Waals surface area contributed by atoms with Gasteiger partial charge in [-0.1, -0.05) is 12.1 Å². The summed E-state index contributed by atoms with van der Waals surface area (Å²) in [6.45, 7) is 10.3. The first kappa shape index (κ1) is 16.3. The quantitative estimate of drug-likeness (QED) is 0.808. The Labute approximate surface area is 128 Å². The van der Waals surface area contributed by atoms with E-state index in [0.717, 1.165) is 19.6 Å². The molecular formula is C17H28N2O2. The molecule has 0 spiro atoms. The third kappa shape index (κ3) is 3.96. The summed E-state index contributed by atoms with van der Waals surface area (Å²) in [4.78, 5) is 2.33. The number of anilines is 1. The second-order valence-corrected chi connectivity index (χ2v) is 5.81. The van der Waals surface area contributed by atoms with Crippen molar-refractivity contribution in [1.82, 2.24) is 5.32 Å². The molecule has 2 unspecified atom stereocenters. The lowest BCUT2D eigenvalue weighted by molar-refractivity contribution is -0.0262. The molecule has 0 aromatic heterocycles. The average Bonchev–Trinajstić information content (AvgIpc) is 2.82. The van der Waals surface area contributed by atoms with Crippen LogP contribution in [0.1, 0.15) is 32.8 Å². The van der Waals surface area contributed by atoms with Gasteiger partial charge in [0.15, 0.2) is 0 Å². The molecule has 2 atom stereocenters. The number of hydrogen-bond donors (Lipinski definition) is 2. The molecule has 1 aliphatic heterocycles. The highest BCUT2D eigenvalue weighted by atomic mass is 16.5. The summed E-state index contributed by atoms with van der Waals surface area (Å²) in [7, 11) is 0. The summed E-state index contributed by atoms with van der Waals surface area (Å²) in [6.07, 6.45) is 0.622. The average molecular weight is 292 g/mol.